The first-order valence-corrected chi connectivity index (χ1v) is 8.58. The third kappa shape index (κ3) is 6.25. The number of nitrogens with one attached hydrogen (secondary N) is 2. The van der Waals surface area contributed by atoms with Crippen LogP contribution in [0.3, 0.4) is 0 Å². The quantitative estimate of drug-likeness (QED) is 0.852. The number of hydrogen-bond donors (Lipinski definition) is 2. The lowest BCUT2D eigenvalue weighted by Gasteiger charge is -2.32. The molecular weight excluding hydrogens is 345 g/mol. The molecule has 0 saturated carbocycles. The first kappa shape index (κ1) is 21.2. The Labute approximate surface area is 157 Å². The highest BCUT2D eigenvalue weighted by Crippen LogP contribution is 2.19. The number of likely N-dealkylation sites (tertiary alicyclic amines) is 1. The van der Waals surface area contributed by atoms with Crippen LogP contribution in [0, 0.1) is 5.92 Å². The van der Waals surface area contributed by atoms with E-state index in [-0.39, 0.29) is 36.6 Å². The van der Waals surface area contributed by atoms with E-state index in [4.69, 9.17) is 0 Å². The molecule has 6 heteroatoms. The first-order chi connectivity index (χ1) is 10.8. The Morgan fingerprint density at radius 2 is 1.83 bits per heavy atom. The van der Waals surface area contributed by atoms with Crippen molar-refractivity contribution in [1.82, 2.24) is 15.5 Å². The van der Waals surface area contributed by atoms with Crippen molar-refractivity contribution in [1.29, 1.82) is 0 Å². The Kier molecular flexibility index (Phi) is 9.67. The van der Waals surface area contributed by atoms with E-state index >= 15 is 0 Å². The predicted molar refractivity (Wildman–Crippen MR) is 103 cm³/mol. The molecule has 136 valence electrons. The van der Waals surface area contributed by atoms with E-state index in [9.17, 15) is 4.79 Å². The highest BCUT2D eigenvalue weighted by atomic mass is 35.5. The van der Waals surface area contributed by atoms with Crippen molar-refractivity contribution >= 4 is 30.7 Å². The lowest BCUT2D eigenvalue weighted by molar-refractivity contribution is -0.127. The fraction of sp³-hybridized carbons (Fsp3) is 0.611. The van der Waals surface area contributed by atoms with Gasteiger partial charge in [-0.25, -0.2) is 0 Å². The van der Waals surface area contributed by atoms with Gasteiger partial charge in [0.15, 0.2) is 0 Å². The summed E-state index contributed by atoms with van der Waals surface area (Å²) in [4.78, 5) is 14.8. The van der Waals surface area contributed by atoms with Gasteiger partial charge in [0.1, 0.15) is 0 Å². The third-order valence-electron chi connectivity index (χ3n) is 4.85. The first-order valence-electron chi connectivity index (χ1n) is 8.58. The topological polar surface area (TPSA) is 44.4 Å². The molecule has 24 heavy (non-hydrogen) atoms. The second-order valence-electron chi connectivity index (χ2n) is 6.59. The third-order valence-corrected chi connectivity index (χ3v) is 4.85. The Balaban J connectivity index is 0.00000144. The number of rotatable bonds is 4. The molecule has 0 aromatic heterocycles. The molecule has 0 unspecified atom stereocenters. The molecule has 2 N–H and O–H groups in total. The number of carbonyl (C=O) groups excluding carboxylic acids is 1. The Morgan fingerprint density at radius 3 is 2.46 bits per heavy atom. The molecule has 2 saturated heterocycles. The van der Waals surface area contributed by atoms with E-state index in [1.165, 1.54) is 12.0 Å². The summed E-state index contributed by atoms with van der Waals surface area (Å²) in [5.41, 5.74) is 1.36. The highest BCUT2D eigenvalue weighted by Gasteiger charge is 2.26. The van der Waals surface area contributed by atoms with Crippen LogP contribution < -0.4 is 10.6 Å². The molecule has 2 fully saturated rings. The average Bonchev–Trinajstić information content (AvgIpc) is 2.57. The SMILES string of the molecule is Cl.Cl.O=C(N[C@H]1CCCNC1)C1CCN(Cc2ccccc2)CC1. The summed E-state index contributed by atoms with van der Waals surface area (Å²) in [6.07, 6.45) is 4.25. The molecule has 0 radical (unpaired) electrons. The Bertz CT molecular complexity index is 472. The van der Waals surface area contributed by atoms with Gasteiger partial charge in [-0.2, -0.15) is 0 Å². The molecule has 0 aliphatic carbocycles. The van der Waals surface area contributed by atoms with Gasteiger partial charge in [0.05, 0.1) is 0 Å². The maximum absolute atomic E-state index is 12.4. The molecular formula is C18H29Cl2N3O. The average molecular weight is 374 g/mol. The van der Waals surface area contributed by atoms with Crippen molar-refractivity contribution in [3.8, 4) is 0 Å². The van der Waals surface area contributed by atoms with E-state index in [0.717, 1.165) is 52.0 Å². The number of piperidine rings is 2. The van der Waals surface area contributed by atoms with Gasteiger partial charge in [-0.15, -0.1) is 24.8 Å². The van der Waals surface area contributed by atoms with Crippen LogP contribution in [0.15, 0.2) is 30.3 Å². The minimum absolute atomic E-state index is 0. The number of halogens is 2. The Morgan fingerprint density at radius 1 is 1.12 bits per heavy atom. The second kappa shape index (κ2) is 10.9. The molecule has 2 heterocycles. The van der Waals surface area contributed by atoms with Gasteiger partial charge in [-0.05, 0) is 50.9 Å². The largest absolute Gasteiger partial charge is 0.352 e. The molecule has 1 amide bonds. The molecule has 2 aliphatic rings. The van der Waals surface area contributed by atoms with Crippen LogP contribution in [-0.4, -0.2) is 43.0 Å². The van der Waals surface area contributed by atoms with Gasteiger partial charge in [0.25, 0.3) is 0 Å². The van der Waals surface area contributed by atoms with Crippen molar-refractivity contribution in [2.24, 2.45) is 5.92 Å². The highest BCUT2D eigenvalue weighted by molar-refractivity contribution is 5.85. The molecule has 1 aromatic rings. The summed E-state index contributed by atoms with van der Waals surface area (Å²) in [5, 5.41) is 6.59. The van der Waals surface area contributed by atoms with Gasteiger partial charge in [0, 0.05) is 25.0 Å². The molecule has 1 aromatic carbocycles. The van der Waals surface area contributed by atoms with E-state index < -0.39 is 0 Å². The van der Waals surface area contributed by atoms with Crippen molar-refractivity contribution in [3.05, 3.63) is 35.9 Å². The lowest BCUT2D eigenvalue weighted by atomic mass is 9.94. The summed E-state index contributed by atoms with van der Waals surface area (Å²) in [6, 6.07) is 10.9. The summed E-state index contributed by atoms with van der Waals surface area (Å²) in [7, 11) is 0. The van der Waals surface area contributed by atoms with Crippen molar-refractivity contribution in [2.45, 2.75) is 38.3 Å². The minimum Gasteiger partial charge on any atom is -0.352 e. The molecule has 2 aliphatic heterocycles. The zero-order valence-electron chi connectivity index (χ0n) is 14.1. The molecule has 4 nitrogen and oxygen atoms in total. The van der Waals surface area contributed by atoms with E-state index in [0.29, 0.717) is 6.04 Å². The van der Waals surface area contributed by atoms with Gasteiger partial charge >= 0.3 is 0 Å². The van der Waals surface area contributed by atoms with Crippen molar-refractivity contribution < 1.29 is 4.79 Å². The normalized spacial score (nSPS) is 22.1. The summed E-state index contributed by atoms with van der Waals surface area (Å²) >= 11 is 0. The monoisotopic (exact) mass is 373 g/mol. The van der Waals surface area contributed by atoms with Crippen LogP contribution in [0.4, 0.5) is 0 Å². The van der Waals surface area contributed by atoms with Gasteiger partial charge in [0.2, 0.25) is 5.91 Å². The molecule has 1 atom stereocenters. The fourth-order valence-electron chi connectivity index (χ4n) is 3.49. The number of carbonyl (C=O) groups is 1. The van der Waals surface area contributed by atoms with Gasteiger partial charge < -0.3 is 10.6 Å². The van der Waals surface area contributed by atoms with Crippen LogP contribution in [-0.2, 0) is 11.3 Å². The van der Waals surface area contributed by atoms with E-state index in [2.05, 4.69) is 45.9 Å². The summed E-state index contributed by atoms with van der Waals surface area (Å²) < 4.78 is 0. The van der Waals surface area contributed by atoms with Crippen LogP contribution in [0.25, 0.3) is 0 Å². The van der Waals surface area contributed by atoms with Crippen LogP contribution in [0.1, 0.15) is 31.2 Å². The molecule has 0 spiro atoms. The summed E-state index contributed by atoms with van der Waals surface area (Å²) in [6.45, 7) is 5.07. The zero-order valence-corrected chi connectivity index (χ0v) is 15.7. The lowest BCUT2D eigenvalue weighted by Crippen LogP contribution is -2.49. The fourth-order valence-corrected chi connectivity index (χ4v) is 3.49. The number of hydrogen-bond acceptors (Lipinski definition) is 3. The van der Waals surface area contributed by atoms with Crippen LogP contribution >= 0.6 is 24.8 Å². The van der Waals surface area contributed by atoms with Crippen LogP contribution in [0.2, 0.25) is 0 Å². The minimum atomic E-state index is 0. The maximum atomic E-state index is 12.4. The summed E-state index contributed by atoms with van der Waals surface area (Å²) in [5.74, 6) is 0.474. The zero-order chi connectivity index (χ0) is 15.2. The standard InChI is InChI=1S/C18H27N3O.2ClH/c22-18(20-17-7-4-10-19-13-17)16-8-11-21(12-9-16)14-15-5-2-1-3-6-15;;/h1-3,5-6,16-17,19H,4,7-14H2,(H,20,22);2*1H/t17-;;/m0../s1. The Hall–Kier alpha value is -0.810. The van der Waals surface area contributed by atoms with E-state index in [1.54, 1.807) is 0 Å². The smallest absolute Gasteiger partial charge is 0.223 e. The van der Waals surface area contributed by atoms with Crippen molar-refractivity contribution in [3.63, 3.8) is 0 Å². The predicted octanol–water partition coefficient (Wildman–Crippen LogP) is 2.61. The van der Waals surface area contributed by atoms with Crippen molar-refractivity contribution in [2.75, 3.05) is 26.2 Å². The number of benzene rings is 1. The second-order valence-corrected chi connectivity index (χ2v) is 6.59. The van der Waals surface area contributed by atoms with Crippen LogP contribution in [0.5, 0.6) is 0 Å². The molecule has 0 bridgehead atoms. The number of amides is 1. The van der Waals surface area contributed by atoms with Gasteiger partial charge in [-0.3, -0.25) is 9.69 Å². The maximum Gasteiger partial charge on any atom is 0.223 e. The van der Waals surface area contributed by atoms with Gasteiger partial charge in [-0.1, -0.05) is 30.3 Å². The number of nitrogens with zero attached hydrogens (tertiary/aromatic N) is 1. The van der Waals surface area contributed by atoms with E-state index in [1.807, 2.05) is 0 Å². The molecule has 3 rings (SSSR count).